The van der Waals surface area contributed by atoms with Gasteiger partial charge in [0.25, 0.3) is 5.91 Å². The molecule has 0 spiro atoms. The second-order valence-corrected chi connectivity index (χ2v) is 9.45. The smallest absolute Gasteiger partial charge is 0.422 e. The molecule has 1 saturated carbocycles. The van der Waals surface area contributed by atoms with Crippen molar-refractivity contribution in [2.75, 3.05) is 6.61 Å². The lowest BCUT2D eigenvalue weighted by Crippen LogP contribution is -2.26. The topological polar surface area (TPSA) is 68.5 Å². The lowest BCUT2D eigenvalue weighted by Gasteiger charge is -2.15. The molecule has 0 aliphatic heterocycles. The van der Waals surface area contributed by atoms with Crippen LogP contribution < -0.4 is 9.46 Å². The number of hydrogen-bond donors (Lipinski definition) is 1. The van der Waals surface area contributed by atoms with Gasteiger partial charge in [-0.15, -0.1) is 0 Å². The number of amides is 1. The summed E-state index contributed by atoms with van der Waals surface area (Å²) >= 11 is 0. The summed E-state index contributed by atoms with van der Waals surface area (Å²) in [6.07, 6.45) is -2.66. The molecule has 1 atom stereocenters. The van der Waals surface area contributed by atoms with Crippen LogP contribution >= 0.6 is 0 Å². The van der Waals surface area contributed by atoms with Gasteiger partial charge in [0.2, 0.25) is 0 Å². The van der Waals surface area contributed by atoms with Crippen LogP contribution in [0.4, 0.5) is 17.6 Å². The average Bonchev–Trinajstić information content (AvgIpc) is 3.50. The van der Waals surface area contributed by atoms with Gasteiger partial charge in [-0.05, 0) is 60.1 Å². The van der Waals surface area contributed by atoms with Crippen molar-refractivity contribution in [2.24, 2.45) is 0 Å². The van der Waals surface area contributed by atoms with Gasteiger partial charge in [-0.25, -0.2) is 8.60 Å². The molecule has 3 aromatic rings. The molecule has 1 aromatic heterocycles. The van der Waals surface area contributed by atoms with Crippen molar-refractivity contribution in [1.82, 2.24) is 4.72 Å². The minimum atomic E-state index is -4.59. The summed E-state index contributed by atoms with van der Waals surface area (Å²) in [5.41, 5.74) is 1.69. The SMILES string of the molecule is CC(C)c1ccc(OCC(F)(F)F)c(S(=O)NC(=O)c2cc3c(F)cc(C4CC4)cc3o2)c1. The summed E-state index contributed by atoms with van der Waals surface area (Å²) in [4.78, 5) is 12.5. The van der Waals surface area contributed by atoms with E-state index < -0.39 is 35.5 Å². The number of furan rings is 1. The van der Waals surface area contributed by atoms with Crippen LogP contribution in [0.3, 0.4) is 0 Å². The quantitative estimate of drug-likeness (QED) is 0.421. The predicted molar refractivity (Wildman–Crippen MR) is 114 cm³/mol. The molecule has 1 fully saturated rings. The van der Waals surface area contributed by atoms with E-state index in [-0.39, 0.29) is 39.2 Å². The molecule has 0 bridgehead atoms. The van der Waals surface area contributed by atoms with Gasteiger partial charge in [0.1, 0.15) is 22.0 Å². The number of carbonyl (C=O) groups excluding carboxylic acids is 1. The fourth-order valence-corrected chi connectivity index (χ4v) is 4.31. The van der Waals surface area contributed by atoms with E-state index in [0.717, 1.165) is 18.4 Å². The number of halogens is 4. The third kappa shape index (κ3) is 5.38. The molecule has 0 saturated heterocycles. The van der Waals surface area contributed by atoms with Crippen LogP contribution in [0.25, 0.3) is 11.0 Å². The maximum absolute atomic E-state index is 14.4. The molecule has 5 nitrogen and oxygen atoms in total. The zero-order valence-electron chi connectivity index (χ0n) is 17.8. The van der Waals surface area contributed by atoms with Gasteiger partial charge in [-0.3, -0.25) is 9.52 Å². The van der Waals surface area contributed by atoms with Crippen molar-refractivity contribution in [1.29, 1.82) is 0 Å². The Morgan fingerprint density at radius 3 is 2.58 bits per heavy atom. The molecule has 4 rings (SSSR count). The molecular formula is C23H21F4NO4S. The first kappa shape index (κ1) is 23.3. The molecule has 1 aliphatic rings. The van der Waals surface area contributed by atoms with Crippen molar-refractivity contribution < 1.29 is 35.7 Å². The normalized spacial score (nSPS) is 15.1. The first-order valence-corrected chi connectivity index (χ1v) is 11.5. The van der Waals surface area contributed by atoms with E-state index >= 15 is 0 Å². The molecular weight excluding hydrogens is 462 g/mol. The highest BCUT2D eigenvalue weighted by molar-refractivity contribution is 7.83. The molecule has 176 valence electrons. The summed E-state index contributed by atoms with van der Waals surface area (Å²) in [6, 6.07) is 8.58. The summed E-state index contributed by atoms with van der Waals surface area (Å²) in [5.74, 6) is -1.67. The van der Waals surface area contributed by atoms with E-state index in [1.165, 1.54) is 24.3 Å². The summed E-state index contributed by atoms with van der Waals surface area (Å²) < 4.78 is 77.7. The van der Waals surface area contributed by atoms with E-state index in [0.29, 0.717) is 5.56 Å². The number of fused-ring (bicyclic) bond motifs is 1. The highest BCUT2D eigenvalue weighted by Gasteiger charge is 2.30. The van der Waals surface area contributed by atoms with Crippen molar-refractivity contribution in [3.05, 3.63) is 59.1 Å². The lowest BCUT2D eigenvalue weighted by atomic mass is 10.0. The molecule has 33 heavy (non-hydrogen) atoms. The molecule has 1 unspecified atom stereocenters. The Balaban J connectivity index is 1.58. The summed E-state index contributed by atoms with van der Waals surface area (Å²) in [7, 11) is -2.26. The van der Waals surface area contributed by atoms with Gasteiger partial charge in [0.15, 0.2) is 23.4 Å². The Labute approximate surface area is 189 Å². The highest BCUT2D eigenvalue weighted by Crippen LogP contribution is 2.42. The second kappa shape index (κ2) is 8.81. The van der Waals surface area contributed by atoms with Crippen molar-refractivity contribution in [2.45, 2.75) is 49.6 Å². The maximum atomic E-state index is 14.4. The number of carbonyl (C=O) groups is 1. The van der Waals surface area contributed by atoms with E-state index in [9.17, 15) is 26.6 Å². The van der Waals surface area contributed by atoms with Gasteiger partial charge in [0, 0.05) is 6.07 Å². The van der Waals surface area contributed by atoms with Gasteiger partial charge < -0.3 is 9.15 Å². The molecule has 1 heterocycles. The van der Waals surface area contributed by atoms with E-state index in [1.54, 1.807) is 12.1 Å². The van der Waals surface area contributed by atoms with E-state index in [4.69, 9.17) is 9.15 Å². The number of hydrogen-bond acceptors (Lipinski definition) is 4. The molecule has 2 aromatic carbocycles. The third-order valence-corrected chi connectivity index (χ3v) is 6.38. The molecule has 1 amide bonds. The fourth-order valence-electron chi connectivity index (χ4n) is 3.38. The largest absolute Gasteiger partial charge is 0.483 e. The van der Waals surface area contributed by atoms with Crippen molar-refractivity contribution in [3.8, 4) is 5.75 Å². The lowest BCUT2D eigenvalue weighted by molar-refractivity contribution is -0.153. The van der Waals surface area contributed by atoms with Crippen LogP contribution in [-0.2, 0) is 11.0 Å². The standard InChI is InChI=1S/C23H21F4NO4S/c1-12(2)14-5-6-18(31-11-23(25,26)27)21(9-14)33(30)28-22(29)20-10-16-17(24)7-15(13-3-4-13)8-19(16)32-20/h5-10,12-13H,3-4,11H2,1-2H3,(H,28,29). The second-order valence-electron chi connectivity index (χ2n) is 8.26. The highest BCUT2D eigenvalue weighted by atomic mass is 32.2. The van der Waals surface area contributed by atoms with E-state index in [2.05, 4.69) is 4.72 Å². The first-order valence-electron chi connectivity index (χ1n) is 10.3. The van der Waals surface area contributed by atoms with Gasteiger partial charge in [-0.2, -0.15) is 13.2 Å². The Hall–Kier alpha value is -2.88. The van der Waals surface area contributed by atoms with Crippen molar-refractivity contribution in [3.63, 3.8) is 0 Å². The van der Waals surface area contributed by atoms with Gasteiger partial charge in [-0.1, -0.05) is 19.9 Å². The first-order chi connectivity index (χ1) is 15.5. The fraction of sp³-hybridized carbons (Fsp3) is 0.348. The van der Waals surface area contributed by atoms with Crippen LogP contribution in [0.5, 0.6) is 5.75 Å². The molecule has 0 radical (unpaired) electrons. The Bertz CT molecular complexity index is 1230. The summed E-state index contributed by atoms with van der Waals surface area (Å²) in [6.45, 7) is 2.14. The van der Waals surface area contributed by atoms with Crippen LogP contribution in [0, 0.1) is 5.82 Å². The Morgan fingerprint density at radius 2 is 1.94 bits per heavy atom. The number of benzene rings is 2. The zero-order chi connectivity index (χ0) is 23.9. The maximum Gasteiger partial charge on any atom is 0.422 e. The van der Waals surface area contributed by atoms with Crippen LogP contribution in [0.2, 0.25) is 0 Å². The number of ether oxygens (including phenoxy) is 1. The molecule has 10 heteroatoms. The molecule has 1 N–H and O–H groups in total. The number of nitrogens with one attached hydrogen (secondary N) is 1. The summed E-state index contributed by atoms with van der Waals surface area (Å²) in [5, 5.41) is 0.117. The van der Waals surface area contributed by atoms with E-state index in [1.807, 2.05) is 13.8 Å². The monoisotopic (exact) mass is 483 g/mol. The Kier molecular flexibility index (Phi) is 6.22. The number of rotatable bonds is 7. The predicted octanol–water partition coefficient (Wildman–Crippen LogP) is 5.97. The van der Waals surface area contributed by atoms with Crippen LogP contribution in [0.15, 0.2) is 45.7 Å². The minimum Gasteiger partial charge on any atom is -0.483 e. The van der Waals surface area contributed by atoms with Crippen LogP contribution in [0.1, 0.15) is 60.2 Å². The van der Waals surface area contributed by atoms with Crippen molar-refractivity contribution >= 4 is 27.9 Å². The number of alkyl halides is 3. The third-order valence-electron chi connectivity index (χ3n) is 5.29. The van der Waals surface area contributed by atoms with Gasteiger partial charge >= 0.3 is 6.18 Å². The van der Waals surface area contributed by atoms with Crippen LogP contribution in [-0.4, -0.2) is 22.9 Å². The molecule has 1 aliphatic carbocycles. The zero-order valence-corrected chi connectivity index (χ0v) is 18.6. The minimum absolute atomic E-state index is 0.00729. The average molecular weight is 483 g/mol. The van der Waals surface area contributed by atoms with Gasteiger partial charge in [0.05, 0.1) is 5.39 Å². The Morgan fingerprint density at radius 1 is 1.21 bits per heavy atom.